The summed E-state index contributed by atoms with van der Waals surface area (Å²) in [5, 5.41) is 0. The van der Waals surface area contributed by atoms with Gasteiger partial charge in [-0.25, -0.2) is 0 Å². The third-order valence-corrected chi connectivity index (χ3v) is 4.11. The molecule has 128 valence electrons. The Morgan fingerprint density at radius 3 is 2.46 bits per heavy atom. The molecule has 2 aromatic rings. The number of ether oxygens (including phenoxy) is 2. The molecule has 1 aromatic heterocycles. The molecule has 0 atom stereocenters. The van der Waals surface area contributed by atoms with Crippen LogP contribution >= 0.6 is 0 Å². The van der Waals surface area contributed by atoms with Crippen molar-refractivity contribution in [3.05, 3.63) is 53.3 Å². The van der Waals surface area contributed by atoms with E-state index in [4.69, 9.17) is 9.47 Å². The van der Waals surface area contributed by atoms with Gasteiger partial charge in [0.2, 0.25) is 5.91 Å². The molecule has 0 saturated heterocycles. The van der Waals surface area contributed by atoms with Crippen LogP contribution in [0.3, 0.4) is 0 Å². The molecule has 1 aromatic carbocycles. The molecule has 0 fully saturated rings. The van der Waals surface area contributed by atoms with Gasteiger partial charge in [-0.15, -0.1) is 0 Å². The molecule has 1 amide bonds. The highest BCUT2D eigenvalue weighted by Gasteiger charge is 2.16. The molecule has 1 heterocycles. The van der Waals surface area contributed by atoms with E-state index in [1.54, 1.807) is 31.5 Å². The van der Waals surface area contributed by atoms with Gasteiger partial charge in [-0.05, 0) is 37.1 Å². The summed E-state index contributed by atoms with van der Waals surface area (Å²) < 4.78 is 10.8. The largest absolute Gasteiger partial charge is 0.496 e. The number of carbonyl (C=O) groups is 1. The molecule has 0 aliphatic carbocycles. The van der Waals surface area contributed by atoms with E-state index >= 15 is 0 Å². The highest BCUT2D eigenvalue weighted by Crippen LogP contribution is 2.31. The van der Waals surface area contributed by atoms with Crippen molar-refractivity contribution >= 4 is 5.91 Å². The van der Waals surface area contributed by atoms with Crippen molar-refractivity contribution in [1.82, 2.24) is 9.88 Å². The molecule has 0 spiro atoms. The number of carbonyl (C=O) groups excluding carboxylic acids is 1. The Morgan fingerprint density at radius 2 is 1.83 bits per heavy atom. The maximum atomic E-state index is 12.5. The third kappa shape index (κ3) is 4.25. The first-order valence-electron chi connectivity index (χ1n) is 7.90. The number of hydrogen-bond acceptors (Lipinski definition) is 4. The zero-order valence-electron chi connectivity index (χ0n) is 14.7. The smallest absolute Gasteiger partial charge is 0.226 e. The molecule has 0 saturated carbocycles. The second kappa shape index (κ2) is 8.34. The highest BCUT2D eigenvalue weighted by atomic mass is 16.5. The lowest BCUT2D eigenvalue weighted by atomic mass is 10.0. The van der Waals surface area contributed by atoms with Gasteiger partial charge in [-0.1, -0.05) is 6.07 Å². The number of aromatic nitrogens is 1. The van der Waals surface area contributed by atoms with Crippen LogP contribution in [0.25, 0.3) is 0 Å². The van der Waals surface area contributed by atoms with Crippen LogP contribution in [0.2, 0.25) is 0 Å². The average Bonchev–Trinajstić information content (AvgIpc) is 2.61. The number of nitrogens with zero attached hydrogens (tertiary/aromatic N) is 2. The van der Waals surface area contributed by atoms with E-state index in [0.29, 0.717) is 18.7 Å². The fourth-order valence-corrected chi connectivity index (χ4v) is 2.64. The molecule has 24 heavy (non-hydrogen) atoms. The Labute approximate surface area is 143 Å². The van der Waals surface area contributed by atoms with E-state index in [1.165, 1.54) is 5.56 Å². The first kappa shape index (κ1) is 17.8. The van der Waals surface area contributed by atoms with E-state index in [2.05, 4.69) is 4.98 Å². The standard InChI is InChI=1S/C19H24N2O3/c1-14-17(23-3)6-5-16(19(14)24-4)13-18(22)21(2)12-9-15-7-10-20-11-8-15/h5-8,10-11H,9,12-13H2,1-4H3. The van der Waals surface area contributed by atoms with Crippen LogP contribution in [0.5, 0.6) is 11.5 Å². The number of likely N-dealkylation sites (N-methyl/N-ethyl adjacent to an activating group) is 1. The van der Waals surface area contributed by atoms with E-state index in [1.807, 2.05) is 38.2 Å². The number of methoxy groups -OCH3 is 2. The number of amides is 1. The number of rotatable bonds is 7. The molecule has 0 aliphatic heterocycles. The summed E-state index contributed by atoms with van der Waals surface area (Å²) in [6.07, 6.45) is 4.65. The van der Waals surface area contributed by atoms with Crippen LogP contribution in [0.4, 0.5) is 0 Å². The topological polar surface area (TPSA) is 51.7 Å². The van der Waals surface area contributed by atoms with Gasteiger partial charge in [-0.2, -0.15) is 0 Å². The molecule has 5 nitrogen and oxygen atoms in total. The summed E-state index contributed by atoms with van der Waals surface area (Å²) in [4.78, 5) is 18.2. The minimum atomic E-state index is 0.0620. The van der Waals surface area contributed by atoms with Gasteiger partial charge in [0.15, 0.2) is 0 Å². The first-order chi connectivity index (χ1) is 11.6. The van der Waals surface area contributed by atoms with Crippen molar-refractivity contribution < 1.29 is 14.3 Å². The van der Waals surface area contributed by atoms with Gasteiger partial charge in [0.25, 0.3) is 0 Å². The zero-order valence-corrected chi connectivity index (χ0v) is 14.7. The van der Waals surface area contributed by atoms with Crippen LogP contribution in [0, 0.1) is 6.92 Å². The van der Waals surface area contributed by atoms with Gasteiger partial charge in [0.05, 0.1) is 20.6 Å². The van der Waals surface area contributed by atoms with Crippen LogP contribution in [-0.4, -0.2) is 43.6 Å². The summed E-state index contributed by atoms with van der Waals surface area (Å²) in [5.74, 6) is 1.53. The fourth-order valence-electron chi connectivity index (χ4n) is 2.64. The lowest BCUT2D eigenvalue weighted by molar-refractivity contribution is -0.129. The lowest BCUT2D eigenvalue weighted by Crippen LogP contribution is -2.30. The monoisotopic (exact) mass is 328 g/mol. The Balaban J connectivity index is 2.02. The van der Waals surface area contributed by atoms with Crippen molar-refractivity contribution in [2.45, 2.75) is 19.8 Å². The maximum Gasteiger partial charge on any atom is 0.226 e. The van der Waals surface area contributed by atoms with Gasteiger partial charge < -0.3 is 14.4 Å². The molecule has 0 unspecified atom stereocenters. The lowest BCUT2D eigenvalue weighted by Gasteiger charge is -2.19. The Hall–Kier alpha value is -2.56. The molecule has 0 aliphatic rings. The van der Waals surface area contributed by atoms with Gasteiger partial charge in [0, 0.05) is 37.1 Å². The number of hydrogen-bond donors (Lipinski definition) is 0. The first-order valence-corrected chi connectivity index (χ1v) is 7.90. The summed E-state index contributed by atoms with van der Waals surface area (Å²) in [6, 6.07) is 7.69. The molecule has 2 rings (SSSR count). The van der Waals surface area contributed by atoms with Crippen LogP contribution < -0.4 is 9.47 Å². The zero-order chi connectivity index (χ0) is 17.5. The maximum absolute atomic E-state index is 12.5. The molecular weight excluding hydrogens is 304 g/mol. The fraction of sp³-hybridized carbons (Fsp3) is 0.368. The minimum Gasteiger partial charge on any atom is -0.496 e. The summed E-state index contributed by atoms with van der Waals surface area (Å²) in [6.45, 7) is 2.60. The van der Waals surface area contributed by atoms with Crippen LogP contribution in [-0.2, 0) is 17.6 Å². The predicted molar refractivity (Wildman–Crippen MR) is 93.6 cm³/mol. The predicted octanol–water partition coefficient (Wildman–Crippen LogP) is 2.65. The normalized spacial score (nSPS) is 10.3. The van der Waals surface area contributed by atoms with Gasteiger partial charge in [-0.3, -0.25) is 9.78 Å². The molecule has 5 heteroatoms. The summed E-state index contributed by atoms with van der Waals surface area (Å²) in [5.41, 5.74) is 2.95. The van der Waals surface area contributed by atoms with Gasteiger partial charge >= 0.3 is 0 Å². The molecule has 0 N–H and O–H groups in total. The van der Waals surface area contributed by atoms with Crippen molar-refractivity contribution in [2.24, 2.45) is 0 Å². The molecular formula is C19H24N2O3. The molecule has 0 bridgehead atoms. The Kier molecular flexibility index (Phi) is 6.18. The Bertz CT molecular complexity index is 687. The number of benzene rings is 1. The van der Waals surface area contributed by atoms with E-state index < -0.39 is 0 Å². The van der Waals surface area contributed by atoms with Crippen molar-refractivity contribution in [2.75, 3.05) is 27.8 Å². The van der Waals surface area contributed by atoms with Crippen molar-refractivity contribution in [3.63, 3.8) is 0 Å². The average molecular weight is 328 g/mol. The Morgan fingerprint density at radius 1 is 1.12 bits per heavy atom. The van der Waals surface area contributed by atoms with Gasteiger partial charge in [0.1, 0.15) is 11.5 Å². The second-order valence-corrected chi connectivity index (χ2v) is 5.68. The second-order valence-electron chi connectivity index (χ2n) is 5.68. The highest BCUT2D eigenvalue weighted by molar-refractivity contribution is 5.79. The van der Waals surface area contributed by atoms with Crippen molar-refractivity contribution in [1.29, 1.82) is 0 Å². The van der Waals surface area contributed by atoms with E-state index in [0.717, 1.165) is 23.3 Å². The SMILES string of the molecule is COc1ccc(CC(=O)N(C)CCc2ccncc2)c(OC)c1C. The van der Waals surface area contributed by atoms with Crippen molar-refractivity contribution in [3.8, 4) is 11.5 Å². The summed E-state index contributed by atoms with van der Waals surface area (Å²) in [7, 11) is 5.06. The quantitative estimate of drug-likeness (QED) is 0.784. The van der Waals surface area contributed by atoms with Crippen LogP contribution in [0.1, 0.15) is 16.7 Å². The van der Waals surface area contributed by atoms with E-state index in [9.17, 15) is 4.79 Å². The third-order valence-electron chi connectivity index (χ3n) is 4.11. The van der Waals surface area contributed by atoms with E-state index in [-0.39, 0.29) is 5.91 Å². The number of pyridine rings is 1. The van der Waals surface area contributed by atoms with Crippen LogP contribution in [0.15, 0.2) is 36.7 Å². The summed E-state index contributed by atoms with van der Waals surface area (Å²) >= 11 is 0. The molecule has 0 radical (unpaired) electrons. The minimum absolute atomic E-state index is 0.0620.